The number of aryl methyl sites for hydroxylation is 1. The third kappa shape index (κ3) is 6.89. The third-order valence-electron chi connectivity index (χ3n) is 3.78. The average Bonchev–Trinajstić information content (AvgIpc) is 2.61. The SMILES string of the molecule is CN=C(NCCc1ccc(OC)cc1)NCc1ccc(C)c(F)c1.I. The second-order valence-corrected chi connectivity index (χ2v) is 5.53. The maximum atomic E-state index is 13.5. The van der Waals surface area contributed by atoms with Crippen molar-refractivity contribution in [2.45, 2.75) is 19.9 Å². The van der Waals surface area contributed by atoms with E-state index in [0.717, 1.165) is 24.3 Å². The lowest BCUT2D eigenvalue weighted by Crippen LogP contribution is -2.37. The predicted octanol–water partition coefficient (Wildman–Crippen LogP) is 3.67. The summed E-state index contributed by atoms with van der Waals surface area (Å²) in [6.45, 7) is 3.04. The van der Waals surface area contributed by atoms with Gasteiger partial charge in [0.2, 0.25) is 0 Å². The van der Waals surface area contributed by atoms with E-state index in [4.69, 9.17) is 4.74 Å². The van der Waals surface area contributed by atoms with Crippen molar-refractivity contribution in [1.82, 2.24) is 10.6 Å². The topological polar surface area (TPSA) is 45.7 Å². The second kappa shape index (κ2) is 10.9. The smallest absolute Gasteiger partial charge is 0.191 e. The van der Waals surface area contributed by atoms with Gasteiger partial charge in [-0.25, -0.2) is 4.39 Å². The van der Waals surface area contributed by atoms with E-state index in [1.54, 1.807) is 33.2 Å². The van der Waals surface area contributed by atoms with Crippen LogP contribution >= 0.6 is 24.0 Å². The molecule has 0 aliphatic rings. The Labute approximate surface area is 165 Å². The molecule has 2 rings (SSSR count). The molecule has 2 N–H and O–H groups in total. The van der Waals surface area contributed by atoms with Crippen molar-refractivity contribution in [3.63, 3.8) is 0 Å². The summed E-state index contributed by atoms with van der Waals surface area (Å²) in [4.78, 5) is 4.18. The molecule has 0 saturated carbocycles. The lowest BCUT2D eigenvalue weighted by atomic mass is 10.1. The van der Waals surface area contributed by atoms with Crippen molar-refractivity contribution >= 4 is 29.9 Å². The lowest BCUT2D eigenvalue weighted by molar-refractivity contribution is 0.414. The number of nitrogens with one attached hydrogen (secondary N) is 2. The molecule has 0 radical (unpaired) electrons. The molecule has 2 aromatic carbocycles. The molecule has 0 atom stereocenters. The first-order chi connectivity index (χ1) is 11.6. The number of hydrogen-bond acceptors (Lipinski definition) is 2. The number of benzene rings is 2. The number of rotatable bonds is 6. The van der Waals surface area contributed by atoms with Crippen LogP contribution in [0.5, 0.6) is 5.75 Å². The zero-order valence-electron chi connectivity index (χ0n) is 14.8. The van der Waals surface area contributed by atoms with E-state index in [0.29, 0.717) is 18.1 Å². The molecule has 0 aliphatic carbocycles. The molecule has 0 unspecified atom stereocenters. The van der Waals surface area contributed by atoms with Crippen molar-refractivity contribution in [2.24, 2.45) is 4.99 Å². The number of methoxy groups -OCH3 is 1. The average molecular weight is 457 g/mol. The van der Waals surface area contributed by atoms with E-state index < -0.39 is 0 Å². The van der Waals surface area contributed by atoms with Gasteiger partial charge in [-0.3, -0.25) is 4.99 Å². The van der Waals surface area contributed by atoms with Crippen molar-refractivity contribution in [1.29, 1.82) is 0 Å². The molecule has 25 heavy (non-hydrogen) atoms. The second-order valence-electron chi connectivity index (χ2n) is 5.53. The highest BCUT2D eigenvalue weighted by Gasteiger charge is 2.02. The molecule has 136 valence electrons. The number of guanidine groups is 1. The minimum Gasteiger partial charge on any atom is -0.497 e. The van der Waals surface area contributed by atoms with Gasteiger partial charge in [0.15, 0.2) is 5.96 Å². The summed E-state index contributed by atoms with van der Waals surface area (Å²) in [7, 11) is 3.38. The van der Waals surface area contributed by atoms with Crippen LogP contribution in [0.15, 0.2) is 47.5 Å². The molecule has 0 heterocycles. The molecule has 0 spiro atoms. The molecule has 0 bridgehead atoms. The summed E-state index contributed by atoms with van der Waals surface area (Å²) in [5.41, 5.74) is 2.76. The highest BCUT2D eigenvalue weighted by Crippen LogP contribution is 2.11. The Morgan fingerprint density at radius 3 is 2.36 bits per heavy atom. The minimum atomic E-state index is -0.184. The van der Waals surface area contributed by atoms with Crippen LogP contribution in [0.2, 0.25) is 0 Å². The number of halogens is 2. The molecule has 0 aliphatic heterocycles. The van der Waals surface area contributed by atoms with E-state index in [1.807, 2.05) is 30.3 Å². The van der Waals surface area contributed by atoms with Gasteiger partial charge in [-0.15, -0.1) is 24.0 Å². The Bertz CT molecular complexity index is 690. The first kappa shape index (κ1) is 21.2. The maximum absolute atomic E-state index is 13.5. The van der Waals surface area contributed by atoms with Gasteiger partial charge in [-0.05, 0) is 48.2 Å². The lowest BCUT2D eigenvalue weighted by Gasteiger charge is -2.12. The van der Waals surface area contributed by atoms with E-state index >= 15 is 0 Å². The molecule has 0 amide bonds. The van der Waals surface area contributed by atoms with E-state index in [1.165, 1.54) is 5.56 Å². The number of ether oxygens (including phenoxy) is 1. The fourth-order valence-electron chi connectivity index (χ4n) is 2.27. The van der Waals surface area contributed by atoms with Gasteiger partial charge < -0.3 is 15.4 Å². The highest BCUT2D eigenvalue weighted by molar-refractivity contribution is 14.0. The highest BCUT2D eigenvalue weighted by atomic mass is 127. The molecular weight excluding hydrogens is 432 g/mol. The Balaban J connectivity index is 0.00000312. The molecule has 0 fully saturated rings. The normalized spacial score (nSPS) is 10.8. The molecule has 0 aromatic heterocycles. The van der Waals surface area contributed by atoms with Crippen molar-refractivity contribution < 1.29 is 9.13 Å². The quantitative estimate of drug-likeness (QED) is 0.396. The van der Waals surface area contributed by atoms with Crippen LogP contribution in [0.25, 0.3) is 0 Å². The van der Waals surface area contributed by atoms with Gasteiger partial charge in [0.25, 0.3) is 0 Å². The van der Waals surface area contributed by atoms with Gasteiger partial charge in [0.1, 0.15) is 11.6 Å². The van der Waals surface area contributed by atoms with Gasteiger partial charge in [-0.2, -0.15) is 0 Å². The molecule has 4 nitrogen and oxygen atoms in total. The fourth-order valence-corrected chi connectivity index (χ4v) is 2.27. The van der Waals surface area contributed by atoms with Crippen molar-refractivity contribution in [3.8, 4) is 5.75 Å². The third-order valence-corrected chi connectivity index (χ3v) is 3.78. The van der Waals surface area contributed by atoms with Crippen molar-refractivity contribution in [3.05, 3.63) is 65.0 Å². The van der Waals surface area contributed by atoms with Crippen LogP contribution in [-0.4, -0.2) is 26.7 Å². The van der Waals surface area contributed by atoms with E-state index in [2.05, 4.69) is 15.6 Å². The van der Waals surface area contributed by atoms with Crippen LogP contribution in [0.4, 0.5) is 4.39 Å². The summed E-state index contributed by atoms with van der Waals surface area (Å²) < 4.78 is 18.7. The Kier molecular flexibility index (Phi) is 9.26. The molecule has 6 heteroatoms. The Morgan fingerprint density at radius 2 is 1.76 bits per heavy atom. The first-order valence-electron chi connectivity index (χ1n) is 7.95. The monoisotopic (exact) mass is 457 g/mol. The van der Waals surface area contributed by atoms with Gasteiger partial charge >= 0.3 is 0 Å². The standard InChI is InChI=1S/C19H24FN3O.HI/c1-14-4-5-16(12-18(14)20)13-23-19(21-2)22-11-10-15-6-8-17(24-3)9-7-15;/h4-9,12H,10-11,13H2,1-3H3,(H2,21,22,23);1H. The maximum Gasteiger partial charge on any atom is 0.191 e. The van der Waals surface area contributed by atoms with Gasteiger partial charge in [-0.1, -0.05) is 24.3 Å². The summed E-state index contributed by atoms with van der Waals surface area (Å²) in [5.74, 6) is 1.37. The fraction of sp³-hybridized carbons (Fsp3) is 0.316. The summed E-state index contributed by atoms with van der Waals surface area (Å²) in [6, 6.07) is 13.2. The van der Waals surface area contributed by atoms with Gasteiger partial charge in [0.05, 0.1) is 7.11 Å². The molecule has 0 saturated heterocycles. The van der Waals surface area contributed by atoms with Crippen LogP contribution in [-0.2, 0) is 13.0 Å². The van der Waals surface area contributed by atoms with Crippen LogP contribution < -0.4 is 15.4 Å². The summed E-state index contributed by atoms with van der Waals surface area (Å²) >= 11 is 0. The number of nitrogens with zero attached hydrogens (tertiary/aromatic N) is 1. The number of hydrogen-bond donors (Lipinski definition) is 2. The first-order valence-corrected chi connectivity index (χ1v) is 7.95. The Morgan fingerprint density at radius 1 is 1.08 bits per heavy atom. The zero-order chi connectivity index (χ0) is 17.4. The summed E-state index contributed by atoms with van der Waals surface area (Å²) in [6.07, 6.45) is 0.879. The molecular formula is C19H25FIN3O. The molecule has 2 aromatic rings. The van der Waals surface area contributed by atoms with Gasteiger partial charge in [0, 0.05) is 20.1 Å². The van der Waals surface area contributed by atoms with Crippen LogP contribution in [0, 0.1) is 12.7 Å². The van der Waals surface area contributed by atoms with E-state index in [-0.39, 0.29) is 29.8 Å². The van der Waals surface area contributed by atoms with Crippen LogP contribution in [0.1, 0.15) is 16.7 Å². The minimum absolute atomic E-state index is 0. The van der Waals surface area contributed by atoms with Crippen molar-refractivity contribution in [2.75, 3.05) is 20.7 Å². The zero-order valence-corrected chi connectivity index (χ0v) is 17.1. The Hall–Kier alpha value is -1.83. The van der Waals surface area contributed by atoms with E-state index in [9.17, 15) is 4.39 Å². The predicted molar refractivity (Wildman–Crippen MR) is 111 cm³/mol. The van der Waals surface area contributed by atoms with Crippen LogP contribution in [0.3, 0.4) is 0 Å². The number of aliphatic imine (C=N–C) groups is 1. The summed E-state index contributed by atoms with van der Waals surface area (Å²) in [5, 5.41) is 6.45. The largest absolute Gasteiger partial charge is 0.497 e.